The van der Waals surface area contributed by atoms with E-state index in [0.29, 0.717) is 28.6 Å². The van der Waals surface area contributed by atoms with Crippen LogP contribution in [0.25, 0.3) is 0 Å². The van der Waals surface area contributed by atoms with Gasteiger partial charge in [-0.3, -0.25) is 0 Å². The van der Waals surface area contributed by atoms with Gasteiger partial charge in [0.1, 0.15) is 5.75 Å². The van der Waals surface area contributed by atoms with E-state index >= 15 is 0 Å². The molecule has 2 heterocycles. The predicted octanol–water partition coefficient (Wildman–Crippen LogP) is 5.70. The molecule has 0 bridgehead atoms. The molecule has 0 spiro atoms. The van der Waals surface area contributed by atoms with Crippen molar-refractivity contribution in [1.29, 1.82) is 0 Å². The van der Waals surface area contributed by atoms with Gasteiger partial charge in [0.2, 0.25) is 10.0 Å². The molecule has 0 saturated carbocycles. The summed E-state index contributed by atoms with van der Waals surface area (Å²) in [4.78, 5) is 0.348. The zero-order chi connectivity index (χ0) is 21.8. The molecule has 8 heteroatoms. The van der Waals surface area contributed by atoms with Crippen molar-refractivity contribution in [3.63, 3.8) is 0 Å². The third-order valence-corrected chi connectivity index (χ3v) is 9.08. The van der Waals surface area contributed by atoms with Gasteiger partial charge in [-0.1, -0.05) is 41.8 Å². The molecule has 3 aliphatic rings. The van der Waals surface area contributed by atoms with Crippen LogP contribution >= 0.6 is 23.2 Å². The van der Waals surface area contributed by atoms with E-state index in [4.69, 9.17) is 23.2 Å². The number of hydrogen-bond acceptors (Lipinski definition) is 4. The van der Waals surface area contributed by atoms with E-state index in [1.54, 1.807) is 16.4 Å². The largest absolute Gasteiger partial charge is 0.506 e. The Morgan fingerprint density at radius 3 is 2.58 bits per heavy atom. The van der Waals surface area contributed by atoms with Crippen LogP contribution in [0.2, 0.25) is 10.0 Å². The molecule has 0 radical (unpaired) electrons. The number of fused-ring (bicyclic) bond motifs is 3. The molecule has 1 aliphatic carbocycles. The van der Waals surface area contributed by atoms with E-state index in [1.165, 1.54) is 6.07 Å². The van der Waals surface area contributed by atoms with Gasteiger partial charge in [-0.25, -0.2) is 8.42 Å². The van der Waals surface area contributed by atoms with Crippen molar-refractivity contribution in [2.24, 2.45) is 5.92 Å². The Balaban J connectivity index is 1.54. The minimum absolute atomic E-state index is 0.0296. The van der Waals surface area contributed by atoms with Gasteiger partial charge in [0.25, 0.3) is 0 Å². The Hall–Kier alpha value is -1.73. The summed E-state index contributed by atoms with van der Waals surface area (Å²) in [7, 11) is -3.50. The standard InChI is InChI=1S/C23H24Cl2N2O3S/c24-14-11-19(23(28)20(25)12-14)22-17-6-4-5-16(17)18-13-15(7-8-21(18)26-22)31(29,30)27-9-2-1-3-10-27/h4-5,7-8,11-13,16-17,22,26,28H,1-3,6,9-10H2. The molecule has 1 fully saturated rings. The molecular weight excluding hydrogens is 455 g/mol. The summed E-state index contributed by atoms with van der Waals surface area (Å²) < 4.78 is 28.0. The quantitative estimate of drug-likeness (QED) is 0.555. The molecule has 2 N–H and O–H groups in total. The van der Waals surface area contributed by atoms with Gasteiger partial charge in [0, 0.05) is 35.3 Å². The SMILES string of the molecule is O=S(=O)(c1ccc2c(c1)C1C=CCC1C(c1cc(Cl)cc(Cl)c1O)N2)N1CCCCC1. The molecular formula is C23H24Cl2N2O3S. The van der Waals surface area contributed by atoms with Crippen molar-refractivity contribution in [2.45, 2.75) is 42.5 Å². The number of halogens is 2. The first-order chi connectivity index (χ1) is 14.9. The lowest BCUT2D eigenvalue weighted by Crippen LogP contribution is -2.36. The minimum Gasteiger partial charge on any atom is -0.506 e. The average Bonchev–Trinajstić information content (AvgIpc) is 3.26. The third kappa shape index (κ3) is 3.63. The van der Waals surface area contributed by atoms with E-state index < -0.39 is 10.0 Å². The fraction of sp³-hybridized carbons (Fsp3) is 0.391. The molecule has 3 atom stereocenters. The number of sulfonamides is 1. The number of hydrogen-bond donors (Lipinski definition) is 2. The third-order valence-electron chi connectivity index (χ3n) is 6.68. The normalized spacial score (nSPS) is 25.7. The van der Waals surface area contributed by atoms with Crippen molar-refractivity contribution >= 4 is 38.9 Å². The summed E-state index contributed by atoms with van der Waals surface area (Å²) in [5.74, 6) is 0.206. The summed E-state index contributed by atoms with van der Waals surface area (Å²) in [6.45, 7) is 1.17. The van der Waals surface area contributed by atoms with Gasteiger partial charge >= 0.3 is 0 Å². The Morgan fingerprint density at radius 1 is 1.03 bits per heavy atom. The number of benzene rings is 2. The van der Waals surface area contributed by atoms with Crippen molar-refractivity contribution in [1.82, 2.24) is 4.31 Å². The number of phenolic OH excluding ortho intramolecular Hbond substituents is 1. The van der Waals surface area contributed by atoms with Gasteiger partial charge in [-0.2, -0.15) is 4.31 Å². The number of phenols is 1. The topological polar surface area (TPSA) is 69.6 Å². The number of piperidine rings is 1. The molecule has 0 aromatic heterocycles. The van der Waals surface area contributed by atoms with Crippen LogP contribution < -0.4 is 5.32 Å². The number of allylic oxidation sites excluding steroid dienone is 2. The smallest absolute Gasteiger partial charge is 0.243 e. The summed E-state index contributed by atoms with van der Waals surface area (Å²) >= 11 is 12.4. The maximum Gasteiger partial charge on any atom is 0.243 e. The lowest BCUT2D eigenvalue weighted by atomic mass is 9.77. The highest BCUT2D eigenvalue weighted by Crippen LogP contribution is 2.52. The first-order valence-corrected chi connectivity index (χ1v) is 12.8. The lowest BCUT2D eigenvalue weighted by Gasteiger charge is -2.38. The summed E-state index contributed by atoms with van der Waals surface area (Å²) in [5, 5.41) is 14.8. The number of rotatable bonds is 3. The van der Waals surface area contributed by atoms with Crippen LogP contribution in [0.3, 0.4) is 0 Å². The summed E-state index contributed by atoms with van der Waals surface area (Å²) in [5.41, 5.74) is 2.50. The molecule has 2 aromatic carbocycles. The molecule has 5 rings (SSSR count). The molecule has 0 amide bonds. The fourth-order valence-corrected chi connectivity index (χ4v) is 7.18. The zero-order valence-corrected chi connectivity index (χ0v) is 19.2. The lowest BCUT2D eigenvalue weighted by molar-refractivity contribution is 0.346. The zero-order valence-electron chi connectivity index (χ0n) is 16.9. The Morgan fingerprint density at radius 2 is 1.81 bits per heavy atom. The van der Waals surface area contributed by atoms with Gasteiger partial charge in [-0.15, -0.1) is 0 Å². The highest BCUT2D eigenvalue weighted by molar-refractivity contribution is 7.89. The van der Waals surface area contributed by atoms with Crippen molar-refractivity contribution < 1.29 is 13.5 Å². The number of nitrogens with zero attached hydrogens (tertiary/aromatic N) is 1. The van der Waals surface area contributed by atoms with Gasteiger partial charge in [0.05, 0.1) is 16.0 Å². The van der Waals surface area contributed by atoms with Crippen molar-refractivity contribution in [2.75, 3.05) is 18.4 Å². The van der Waals surface area contributed by atoms with Crippen LogP contribution in [-0.4, -0.2) is 30.9 Å². The van der Waals surface area contributed by atoms with Crippen LogP contribution in [0, 0.1) is 5.92 Å². The van der Waals surface area contributed by atoms with E-state index in [-0.39, 0.29) is 28.6 Å². The highest BCUT2D eigenvalue weighted by Gasteiger charge is 2.40. The Kier molecular flexibility index (Phi) is 5.45. The second-order valence-electron chi connectivity index (χ2n) is 8.51. The molecule has 5 nitrogen and oxygen atoms in total. The van der Waals surface area contributed by atoms with Crippen LogP contribution in [0.4, 0.5) is 5.69 Å². The van der Waals surface area contributed by atoms with Gasteiger partial charge < -0.3 is 10.4 Å². The van der Waals surface area contributed by atoms with Crippen molar-refractivity contribution in [3.05, 3.63) is 63.7 Å². The number of nitrogens with one attached hydrogen (secondary N) is 1. The van der Waals surface area contributed by atoms with E-state index in [0.717, 1.165) is 36.9 Å². The molecule has 1 saturated heterocycles. The second-order valence-corrected chi connectivity index (χ2v) is 11.3. The Labute approximate surface area is 192 Å². The van der Waals surface area contributed by atoms with Crippen LogP contribution in [-0.2, 0) is 10.0 Å². The van der Waals surface area contributed by atoms with Crippen LogP contribution in [0.5, 0.6) is 5.75 Å². The summed E-state index contributed by atoms with van der Waals surface area (Å²) in [6.07, 6.45) is 7.97. The fourth-order valence-electron chi connectivity index (χ4n) is 5.12. The molecule has 164 valence electrons. The maximum atomic E-state index is 13.2. The molecule has 2 aliphatic heterocycles. The first kappa shape index (κ1) is 21.1. The monoisotopic (exact) mass is 478 g/mol. The summed E-state index contributed by atoms with van der Waals surface area (Å²) in [6, 6.07) is 8.42. The highest BCUT2D eigenvalue weighted by atomic mass is 35.5. The first-order valence-electron chi connectivity index (χ1n) is 10.6. The number of aromatic hydroxyl groups is 1. The molecule has 31 heavy (non-hydrogen) atoms. The predicted molar refractivity (Wildman–Crippen MR) is 124 cm³/mol. The molecule has 2 aromatic rings. The van der Waals surface area contributed by atoms with E-state index in [9.17, 15) is 13.5 Å². The number of anilines is 1. The van der Waals surface area contributed by atoms with Crippen LogP contribution in [0.1, 0.15) is 48.8 Å². The van der Waals surface area contributed by atoms with E-state index in [2.05, 4.69) is 17.5 Å². The van der Waals surface area contributed by atoms with Crippen molar-refractivity contribution in [3.8, 4) is 5.75 Å². The van der Waals surface area contributed by atoms with Crippen LogP contribution in [0.15, 0.2) is 47.4 Å². The van der Waals surface area contributed by atoms with E-state index in [1.807, 2.05) is 12.1 Å². The maximum absolute atomic E-state index is 13.2. The molecule has 3 unspecified atom stereocenters. The Bertz CT molecular complexity index is 1160. The average molecular weight is 479 g/mol. The minimum atomic E-state index is -3.50. The van der Waals surface area contributed by atoms with Gasteiger partial charge in [-0.05, 0) is 61.1 Å². The second kappa shape index (κ2) is 8.00. The van der Waals surface area contributed by atoms with Gasteiger partial charge in [0.15, 0.2) is 0 Å².